The Morgan fingerprint density at radius 1 is 1.42 bits per heavy atom. The van der Waals surface area contributed by atoms with E-state index in [1.807, 2.05) is 6.07 Å². The van der Waals surface area contributed by atoms with E-state index in [-0.39, 0.29) is 29.8 Å². The monoisotopic (exact) mass is 408 g/mol. The summed E-state index contributed by atoms with van der Waals surface area (Å²) in [7, 11) is 1.55. The molecule has 124 valence electrons. The topological polar surface area (TPSA) is 84.3 Å². The number of hydrogen-bond donors (Lipinski definition) is 1. The van der Waals surface area contributed by atoms with Gasteiger partial charge in [0, 0.05) is 17.2 Å². The van der Waals surface area contributed by atoms with Crippen molar-refractivity contribution in [3.63, 3.8) is 0 Å². The molecule has 2 amide bonds. The van der Waals surface area contributed by atoms with E-state index < -0.39 is 5.56 Å². The van der Waals surface area contributed by atoms with Gasteiger partial charge in [0.2, 0.25) is 11.8 Å². The summed E-state index contributed by atoms with van der Waals surface area (Å²) < 4.78 is 1.89. The summed E-state index contributed by atoms with van der Waals surface area (Å²) in [6, 6.07) is 7.13. The molecule has 0 saturated carbocycles. The van der Waals surface area contributed by atoms with Gasteiger partial charge in [-0.1, -0.05) is 22.0 Å². The number of aromatic nitrogens is 2. The predicted molar refractivity (Wildman–Crippen MR) is 95.4 cm³/mol. The van der Waals surface area contributed by atoms with Crippen LogP contribution < -0.4 is 15.8 Å². The Morgan fingerprint density at radius 3 is 2.96 bits per heavy atom. The lowest BCUT2D eigenvalue weighted by atomic mass is 10.3. The highest BCUT2D eigenvalue weighted by Gasteiger charge is 2.26. The zero-order valence-electron chi connectivity index (χ0n) is 12.7. The number of fused-ring (bicyclic) bond motifs is 1. The fourth-order valence-electron chi connectivity index (χ4n) is 2.25. The third-order valence-corrected chi connectivity index (χ3v) is 4.94. The molecule has 9 heteroatoms. The van der Waals surface area contributed by atoms with E-state index in [1.54, 1.807) is 25.2 Å². The fraction of sp³-hybridized carbons (Fsp3) is 0.200. The summed E-state index contributed by atoms with van der Waals surface area (Å²) >= 11 is 4.60. The van der Waals surface area contributed by atoms with Crippen LogP contribution in [0.4, 0.5) is 11.4 Å². The smallest absolute Gasteiger partial charge is 0.292 e. The number of hydrogen-bond acceptors (Lipinski definition) is 5. The second kappa shape index (κ2) is 6.78. The lowest BCUT2D eigenvalue weighted by molar-refractivity contribution is -0.117. The molecule has 0 aliphatic carbocycles. The maximum atomic E-state index is 12.5. The molecule has 0 spiro atoms. The van der Waals surface area contributed by atoms with Crippen LogP contribution in [0.15, 0.2) is 44.6 Å². The van der Waals surface area contributed by atoms with Crippen molar-refractivity contribution >= 4 is 50.9 Å². The molecule has 0 unspecified atom stereocenters. The van der Waals surface area contributed by atoms with E-state index >= 15 is 0 Å². The molecule has 0 atom stereocenters. The van der Waals surface area contributed by atoms with Crippen molar-refractivity contribution in [1.82, 2.24) is 9.78 Å². The van der Waals surface area contributed by atoms with Crippen molar-refractivity contribution in [2.75, 3.05) is 23.0 Å². The van der Waals surface area contributed by atoms with Crippen molar-refractivity contribution < 1.29 is 9.59 Å². The minimum absolute atomic E-state index is 0.152. The summed E-state index contributed by atoms with van der Waals surface area (Å²) in [6.45, 7) is -0.231. The first kappa shape index (κ1) is 16.7. The van der Waals surface area contributed by atoms with Gasteiger partial charge in [-0.25, -0.2) is 4.68 Å². The van der Waals surface area contributed by atoms with E-state index in [1.165, 1.54) is 22.9 Å². The molecule has 7 nitrogen and oxygen atoms in total. The molecule has 2 heterocycles. The van der Waals surface area contributed by atoms with Crippen LogP contribution in [0, 0.1) is 0 Å². The van der Waals surface area contributed by atoms with Crippen LogP contribution in [0.5, 0.6) is 0 Å². The molecular weight excluding hydrogens is 396 g/mol. The molecule has 0 saturated heterocycles. The summed E-state index contributed by atoms with van der Waals surface area (Å²) in [5, 5.41) is 6.73. The first-order valence-electron chi connectivity index (χ1n) is 7.00. The largest absolute Gasteiger partial charge is 0.324 e. The zero-order chi connectivity index (χ0) is 17.3. The van der Waals surface area contributed by atoms with E-state index in [4.69, 9.17) is 0 Å². The van der Waals surface area contributed by atoms with Crippen molar-refractivity contribution in [2.24, 2.45) is 0 Å². The van der Waals surface area contributed by atoms with Gasteiger partial charge in [0.05, 0.1) is 16.8 Å². The lowest BCUT2D eigenvalue weighted by Crippen LogP contribution is -2.40. The third kappa shape index (κ3) is 3.36. The quantitative estimate of drug-likeness (QED) is 0.835. The average Bonchev–Trinajstić information content (AvgIpc) is 2.53. The highest BCUT2D eigenvalue weighted by atomic mass is 79.9. The van der Waals surface area contributed by atoms with Crippen LogP contribution >= 0.6 is 27.7 Å². The number of amides is 2. The van der Waals surface area contributed by atoms with E-state index in [0.29, 0.717) is 10.6 Å². The number of carbonyl (C=O) groups excluding carboxylic acids is 2. The number of carbonyl (C=O) groups is 2. The number of nitrogens with one attached hydrogen (secondary N) is 1. The molecule has 0 bridgehead atoms. The maximum absolute atomic E-state index is 12.5. The van der Waals surface area contributed by atoms with Crippen LogP contribution in [0.2, 0.25) is 0 Å². The third-order valence-electron chi connectivity index (χ3n) is 3.45. The molecule has 2 aromatic rings. The van der Waals surface area contributed by atoms with E-state index in [2.05, 4.69) is 26.3 Å². The Kier molecular flexibility index (Phi) is 4.72. The number of nitrogens with zero attached hydrogens (tertiary/aromatic N) is 3. The molecule has 24 heavy (non-hydrogen) atoms. The van der Waals surface area contributed by atoms with Gasteiger partial charge >= 0.3 is 0 Å². The molecule has 1 aromatic heterocycles. The number of rotatable bonds is 3. The predicted octanol–water partition coefficient (Wildman–Crippen LogP) is 1.71. The number of benzene rings is 1. The first-order valence-corrected chi connectivity index (χ1v) is 8.78. The normalized spacial score (nSPS) is 13.6. The average molecular weight is 409 g/mol. The van der Waals surface area contributed by atoms with Crippen LogP contribution in [0.25, 0.3) is 0 Å². The van der Waals surface area contributed by atoms with Crippen LogP contribution in [-0.2, 0) is 16.1 Å². The van der Waals surface area contributed by atoms with Crippen molar-refractivity contribution in [3.05, 3.63) is 45.3 Å². The highest BCUT2D eigenvalue weighted by molar-refractivity contribution is 9.10. The Bertz CT molecular complexity index is 883. The van der Waals surface area contributed by atoms with Gasteiger partial charge in [0.15, 0.2) is 0 Å². The molecule has 1 aliphatic rings. The standard InChI is InChI=1S/C15H13BrN4O3S/c1-19-13(22)8-24-11-6-17-20(15(23)14(11)19)7-12(21)18-10-4-2-3-9(16)5-10/h2-6H,7-8H2,1H3,(H,18,21). The minimum Gasteiger partial charge on any atom is -0.324 e. The Hall–Kier alpha value is -2.13. The molecule has 1 aliphatic heterocycles. The second-order valence-electron chi connectivity index (χ2n) is 5.12. The number of halogens is 1. The number of anilines is 2. The summed E-state index contributed by atoms with van der Waals surface area (Å²) in [5.41, 5.74) is 0.421. The summed E-state index contributed by atoms with van der Waals surface area (Å²) in [5.74, 6) is -0.251. The van der Waals surface area contributed by atoms with Crippen LogP contribution in [-0.4, -0.2) is 34.4 Å². The van der Waals surface area contributed by atoms with Gasteiger partial charge < -0.3 is 10.2 Å². The Morgan fingerprint density at radius 2 is 2.21 bits per heavy atom. The molecule has 1 aromatic carbocycles. The minimum atomic E-state index is -0.458. The van der Waals surface area contributed by atoms with E-state index in [0.717, 1.165) is 9.15 Å². The Labute approximate surface area is 150 Å². The fourth-order valence-corrected chi connectivity index (χ4v) is 3.61. The van der Waals surface area contributed by atoms with Gasteiger partial charge in [0.1, 0.15) is 12.2 Å². The van der Waals surface area contributed by atoms with Crippen LogP contribution in [0.3, 0.4) is 0 Å². The molecule has 3 rings (SSSR count). The van der Waals surface area contributed by atoms with Crippen molar-refractivity contribution in [1.29, 1.82) is 0 Å². The van der Waals surface area contributed by atoms with Gasteiger partial charge in [-0.15, -0.1) is 11.8 Å². The molecular formula is C15H13BrN4O3S. The second-order valence-corrected chi connectivity index (χ2v) is 7.05. The van der Waals surface area contributed by atoms with Crippen molar-refractivity contribution in [3.8, 4) is 0 Å². The van der Waals surface area contributed by atoms with Crippen molar-refractivity contribution in [2.45, 2.75) is 11.4 Å². The maximum Gasteiger partial charge on any atom is 0.292 e. The lowest BCUT2D eigenvalue weighted by Gasteiger charge is -2.24. The van der Waals surface area contributed by atoms with Gasteiger partial charge in [-0.3, -0.25) is 14.4 Å². The molecule has 1 N–H and O–H groups in total. The van der Waals surface area contributed by atoms with Gasteiger partial charge in [-0.2, -0.15) is 5.10 Å². The van der Waals surface area contributed by atoms with E-state index in [9.17, 15) is 14.4 Å². The van der Waals surface area contributed by atoms with Gasteiger partial charge in [0.25, 0.3) is 5.56 Å². The first-order chi connectivity index (χ1) is 11.5. The SMILES string of the molecule is CN1C(=O)CSc2cnn(CC(=O)Nc3cccc(Br)c3)c(=O)c21. The van der Waals surface area contributed by atoms with Gasteiger partial charge in [-0.05, 0) is 18.2 Å². The Balaban J connectivity index is 1.82. The molecule has 0 radical (unpaired) electrons. The van der Waals surface area contributed by atoms with Crippen LogP contribution in [0.1, 0.15) is 0 Å². The summed E-state index contributed by atoms with van der Waals surface area (Å²) in [6.07, 6.45) is 1.51. The number of thioether (sulfide) groups is 1. The highest BCUT2D eigenvalue weighted by Crippen LogP contribution is 2.30. The zero-order valence-corrected chi connectivity index (χ0v) is 15.1. The summed E-state index contributed by atoms with van der Waals surface area (Å²) in [4.78, 5) is 38.4. The molecule has 0 fully saturated rings.